The number of carbonyl (C=O) groups excluding carboxylic acids is 2. The quantitative estimate of drug-likeness (QED) is 0.518. The van der Waals surface area contributed by atoms with Gasteiger partial charge in [-0.1, -0.05) is 26.7 Å². The summed E-state index contributed by atoms with van der Waals surface area (Å²) >= 11 is 0. The molecule has 0 saturated carbocycles. The van der Waals surface area contributed by atoms with Crippen molar-refractivity contribution in [3.05, 3.63) is 0 Å². The molecule has 0 spiro atoms. The van der Waals surface area contributed by atoms with Crippen LogP contribution in [0.25, 0.3) is 0 Å². The Morgan fingerprint density at radius 2 is 2.00 bits per heavy atom. The molecular weight excluding hydrogens is 182 g/mol. The molecule has 0 amide bonds. The first-order valence-corrected chi connectivity index (χ1v) is 5.10. The molecule has 0 fully saturated rings. The maximum Gasteiger partial charge on any atom is 0.327 e. The van der Waals surface area contributed by atoms with Crippen LogP contribution < -0.4 is 5.73 Å². The van der Waals surface area contributed by atoms with Crippen molar-refractivity contribution in [2.45, 2.75) is 39.5 Å². The molecule has 4 heteroatoms. The zero-order valence-electron chi connectivity index (χ0n) is 8.91. The van der Waals surface area contributed by atoms with Crippen molar-refractivity contribution < 1.29 is 14.3 Å². The zero-order valence-corrected chi connectivity index (χ0v) is 8.91. The fourth-order valence-electron chi connectivity index (χ4n) is 1.18. The lowest BCUT2D eigenvalue weighted by Crippen LogP contribution is -2.25. The third-order valence-corrected chi connectivity index (χ3v) is 2.11. The Morgan fingerprint density at radius 1 is 1.36 bits per heavy atom. The van der Waals surface area contributed by atoms with E-state index in [4.69, 9.17) is 5.73 Å². The van der Waals surface area contributed by atoms with Gasteiger partial charge in [0.2, 0.25) is 0 Å². The summed E-state index contributed by atoms with van der Waals surface area (Å²) < 4.78 is 4.55. The van der Waals surface area contributed by atoms with Gasteiger partial charge in [0.05, 0.1) is 12.5 Å². The van der Waals surface area contributed by atoms with Gasteiger partial charge in [-0.3, -0.25) is 9.59 Å². The summed E-state index contributed by atoms with van der Waals surface area (Å²) in [5.41, 5.74) is 5.04. The topological polar surface area (TPSA) is 69.4 Å². The molecule has 0 bridgehead atoms. The zero-order chi connectivity index (χ0) is 11.0. The highest BCUT2D eigenvalue weighted by Crippen LogP contribution is 2.14. The number of rotatable bonds is 6. The second-order valence-electron chi connectivity index (χ2n) is 3.24. The van der Waals surface area contributed by atoms with Gasteiger partial charge in [-0.25, -0.2) is 0 Å². The summed E-state index contributed by atoms with van der Waals surface area (Å²) in [6, 6.07) is 0. The van der Waals surface area contributed by atoms with Crippen LogP contribution in [0.2, 0.25) is 0 Å². The minimum Gasteiger partial charge on any atom is -0.392 e. The van der Waals surface area contributed by atoms with E-state index in [0.717, 1.165) is 19.3 Å². The van der Waals surface area contributed by atoms with Gasteiger partial charge in [-0.15, -0.1) is 0 Å². The van der Waals surface area contributed by atoms with Crippen LogP contribution >= 0.6 is 0 Å². The molecule has 0 heterocycles. The Hall–Kier alpha value is -0.900. The number of ether oxygens (including phenoxy) is 1. The molecule has 14 heavy (non-hydrogen) atoms. The molecule has 82 valence electrons. The second-order valence-corrected chi connectivity index (χ2v) is 3.24. The van der Waals surface area contributed by atoms with Gasteiger partial charge in [-0.05, 0) is 12.8 Å². The number of nitrogens with two attached hydrogens (primary N) is 1. The first-order valence-electron chi connectivity index (χ1n) is 5.10. The monoisotopic (exact) mass is 201 g/mol. The summed E-state index contributed by atoms with van der Waals surface area (Å²) in [4.78, 5) is 22.1. The number of hydrogen-bond acceptors (Lipinski definition) is 4. The average Bonchev–Trinajstić information content (AvgIpc) is 2.18. The predicted molar refractivity (Wildman–Crippen MR) is 53.5 cm³/mol. The average molecular weight is 201 g/mol. The highest BCUT2D eigenvalue weighted by molar-refractivity contribution is 5.87. The predicted octanol–water partition coefficient (Wildman–Crippen LogP) is 1.23. The highest BCUT2D eigenvalue weighted by atomic mass is 16.6. The molecule has 1 unspecified atom stereocenters. The molecule has 0 radical (unpaired) electrons. The van der Waals surface area contributed by atoms with Crippen LogP contribution in [0.1, 0.15) is 39.5 Å². The Kier molecular flexibility index (Phi) is 7.02. The number of unbranched alkanes of at least 4 members (excludes halogenated alkanes) is 1. The largest absolute Gasteiger partial charge is 0.392 e. The first-order chi connectivity index (χ1) is 6.65. The minimum atomic E-state index is -0.648. The summed E-state index contributed by atoms with van der Waals surface area (Å²) in [7, 11) is 0. The highest BCUT2D eigenvalue weighted by Gasteiger charge is 2.19. The Balaban J connectivity index is 3.97. The smallest absolute Gasteiger partial charge is 0.327 e. The molecule has 0 aromatic rings. The molecular formula is C10H19NO3. The van der Waals surface area contributed by atoms with E-state index in [2.05, 4.69) is 11.7 Å². The van der Waals surface area contributed by atoms with Crippen molar-refractivity contribution in [2.24, 2.45) is 11.7 Å². The molecule has 0 saturated heterocycles. The third-order valence-electron chi connectivity index (χ3n) is 2.11. The van der Waals surface area contributed by atoms with E-state index < -0.39 is 11.9 Å². The molecule has 4 nitrogen and oxygen atoms in total. The van der Waals surface area contributed by atoms with Crippen molar-refractivity contribution in [1.82, 2.24) is 0 Å². The van der Waals surface area contributed by atoms with E-state index in [1.807, 2.05) is 6.92 Å². The Labute approximate surface area is 84.8 Å². The van der Waals surface area contributed by atoms with Gasteiger partial charge in [0.1, 0.15) is 0 Å². The molecule has 1 atom stereocenters. The van der Waals surface area contributed by atoms with Crippen LogP contribution in [0.15, 0.2) is 0 Å². The van der Waals surface area contributed by atoms with E-state index in [0.29, 0.717) is 6.42 Å². The van der Waals surface area contributed by atoms with Gasteiger partial charge >= 0.3 is 11.9 Å². The summed E-state index contributed by atoms with van der Waals surface area (Å²) in [5.74, 6) is -1.24. The van der Waals surface area contributed by atoms with Gasteiger partial charge in [0, 0.05) is 0 Å². The lowest BCUT2D eigenvalue weighted by molar-refractivity contribution is -0.161. The van der Waals surface area contributed by atoms with E-state index in [1.54, 1.807) is 0 Å². The van der Waals surface area contributed by atoms with E-state index in [-0.39, 0.29) is 12.5 Å². The van der Waals surface area contributed by atoms with Crippen molar-refractivity contribution in [3.8, 4) is 0 Å². The number of hydrogen-bond donors (Lipinski definition) is 1. The van der Waals surface area contributed by atoms with Crippen molar-refractivity contribution in [3.63, 3.8) is 0 Å². The summed E-state index contributed by atoms with van der Waals surface area (Å²) in [5, 5.41) is 0. The lowest BCUT2D eigenvalue weighted by Gasteiger charge is -2.11. The van der Waals surface area contributed by atoms with Crippen molar-refractivity contribution >= 4 is 11.9 Å². The number of esters is 2. The van der Waals surface area contributed by atoms with E-state index in [1.165, 1.54) is 0 Å². The van der Waals surface area contributed by atoms with Crippen molar-refractivity contribution in [2.75, 3.05) is 6.54 Å². The fraction of sp³-hybridized carbons (Fsp3) is 0.800. The molecule has 0 aromatic carbocycles. The van der Waals surface area contributed by atoms with Gasteiger partial charge in [-0.2, -0.15) is 0 Å². The second kappa shape index (κ2) is 7.50. The SMILES string of the molecule is CCCCC(CC)C(=O)OC(=O)CN. The molecule has 0 rings (SSSR count). The van der Waals surface area contributed by atoms with Crippen LogP contribution in [-0.4, -0.2) is 18.5 Å². The molecule has 0 aliphatic heterocycles. The first kappa shape index (κ1) is 13.1. The van der Waals surface area contributed by atoms with E-state index >= 15 is 0 Å². The van der Waals surface area contributed by atoms with Gasteiger partial charge in [0.15, 0.2) is 0 Å². The van der Waals surface area contributed by atoms with Crippen LogP contribution in [0.5, 0.6) is 0 Å². The van der Waals surface area contributed by atoms with Crippen LogP contribution in [0, 0.1) is 5.92 Å². The van der Waals surface area contributed by atoms with Crippen molar-refractivity contribution in [1.29, 1.82) is 0 Å². The van der Waals surface area contributed by atoms with Gasteiger partial charge < -0.3 is 10.5 Å². The minimum absolute atomic E-state index is 0.162. The summed E-state index contributed by atoms with van der Waals surface area (Å²) in [6.07, 6.45) is 3.50. The number of carbonyl (C=O) groups is 2. The Morgan fingerprint density at radius 3 is 2.43 bits per heavy atom. The third kappa shape index (κ3) is 4.97. The standard InChI is InChI=1S/C10H19NO3/c1-3-5-6-8(4-2)10(13)14-9(12)7-11/h8H,3-7,11H2,1-2H3. The Bertz CT molecular complexity index is 192. The molecule has 0 aromatic heterocycles. The van der Waals surface area contributed by atoms with Crippen LogP contribution in [-0.2, 0) is 14.3 Å². The van der Waals surface area contributed by atoms with Crippen LogP contribution in [0.3, 0.4) is 0 Å². The normalized spacial score (nSPS) is 12.2. The van der Waals surface area contributed by atoms with Gasteiger partial charge in [0.25, 0.3) is 0 Å². The molecule has 0 aliphatic rings. The van der Waals surface area contributed by atoms with E-state index in [9.17, 15) is 9.59 Å². The van der Waals surface area contributed by atoms with Crippen LogP contribution in [0.4, 0.5) is 0 Å². The summed E-state index contributed by atoms with van der Waals surface area (Å²) in [6.45, 7) is 3.73. The maximum atomic E-state index is 11.4. The fourth-order valence-corrected chi connectivity index (χ4v) is 1.18. The molecule has 0 aliphatic carbocycles. The lowest BCUT2D eigenvalue weighted by atomic mass is 10.00. The maximum absolute atomic E-state index is 11.4. The molecule has 2 N–H and O–H groups in total.